The van der Waals surface area contributed by atoms with Crippen LogP contribution in [0.15, 0.2) is 42.1 Å². The third-order valence-corrected chi connectivity index (χ3v) is 6.23. The summed E-state index contributed by atoms with van der Waals surface area (Å²) in [5.41, 5.74) is 1.38. The second kappa shape index (κ2) is 8.72. The number of likely N-dealkylation sites (N-methyl/N-ethyl adjacent to an activating group) is 1. The Hall–Kier alpha value is -3.03. The number of nitriles is 1. The molecule has 2 atom stereocenters. The van der Waals surface area contributed by atoms with Gasteiger partial charge < -0.3 is 15.5 Å². The summed E-state index contributed by atoms with van der Waals surface area (Å²) in [6.07, 6.45) is 1.75. The van der Waals surface area contributed by atoms with Crippen molar-refractivity contribution >= 4 is 11.8 Å². The summed E-state index contributed by atoms with van der Waals surface area (Å²) < 4.78 is 29.8. The predicted molar refractivity (Wildman–Crippen MR) is 115 cm³/mol. The number of alkyl halides is 2. The molecule has 1 spiro atoms. The van der Waals surface area contributed by atoms with Crippen LogP contribution >= 0.6 is 0 Å². The van der Waals surface area contributed by atoms with E-state index in [-0.39, 0.29) is 5.70 Å². The maximum Gasteiger partial charge on any atom is 0.270 e. The van der Waals surface area contributed by atoms with E-state index in [4.69, 9.17) is 4.84 Å². The predicted octanol–water partition coefficient (Wildman–Crippen LogP) is 1.40. The van der Waals surface area contributed by atoms with E-state index in [0.29, 0.717) is 31.4 Å². The number of carbonyl (C=O) groups excluding carboxylic acids is 2. The quantitative estimate of drug-likeness (QED) is 0.543. The first-order valence-corrected chi connectivity index (χ1v) is 10.9. The van der Waals surface area contributed by atoms with Crippen LogP contribution in [0.2, 0.25) is 0 Å². The first-order chi connectivity index (χ1) is 15.6. The molecule has 0 bridgehead atoms. The van der Waals surface area contributed by atoms with Gasteiger partial charge in [0, 0.05) is 25.9 Å². The van der Waals surface area contributed by atoms with Crippen molar-refractivity contribution in [2.75, 3.05) is 20.1 Å². The SMILES string of the molecule is CN1CCC2(C=C(C(=O)NC(CC(F)(F)Cc3ccccc3)C(=O)NC3(C#N)CC3)NO2)C1. The van der Waals surface area contributed by atoms with Crippen molar-refractivity contribution in [3.05, 3.63) is 47.7 Å². The van der Waals surface area contributed by atoms with Gasteiger partial charge in [0.1, 0.15) is 22.9 Å². The van der Waals surface area contributed by atoms with Crippen LogP contribution in [0.1, 0.15) is 31.2 Å². The summed E-state index contributed by atoms with van der Waals surface area (Å²) in [6, 6.07) is 8.71. The lowest BCUT2D eigenvalue weighted by molar-refractivity contribution is -0.131. The third-order valence-electron chi connectivity index (χ3n) is 6.23. The summed E-state index contributed by atoms with van der Waals surface area (Å²) in [5.74, 6) is -4.77. The minimum absolute atomic E-state index is 0.0795. The number of hydroxylamine groups is 1. The van der Waals surface area contributed by atoms with Gasteiger partial charge in [0.25, 0.3) is 11.8 Å². The van der Waals surface area contributed by atoms with E-state index >= 15 is 0 Å². The van der Waals surface area contributed by atoms with Gasteiger partial charge in [0.2, 0.25) is 5.91 Å². The molecule has 176 valence electrons. The highest BCUT2D eigenvalue weighted by Crippen LogP contribution is 2.35. The highest BCUT2D eigenvalue weighted by atomic mass is 19.3. The summed E-state index contributed by atoms with van der Waals surface area (Å²) >= 11 is 0. The van der Waals surface area contributed by atoms with Crippen LogP contribution in [0.25, 0.3) is 0 Å². The third kappa shape index (κ3) is 5.49. The van der Waals surface area contributed by atoms with Crippen molar-refractivity contribution in [1.29, 1.82) is 5.26 Å². The Morgan fingerprint density at radius 3 is 2.64 bits per heavy atom. The molecule has 10 heteroatoms. The normalized spacial score (nSPS) is 24.5. The minimum atomic E-state index is -3.26. The number of hydrogen-bond acceptors (Lipinski definition) is 6. The van der Waals surface area contributed by atoms with Crippen molar-refractivity contribution in [3.63, 3.8) is 0 Å². The van der Waals surface area contributed by atoms with Crippen molar-refractivity contribution in [1.82, 2.24) is 21.0 Å². The molecule has 1 saturated carbocycles. The molecule has 1 saturated heterocycles. The first kappa shape index (κ1) is 23.1. The Kier molecular flexibility index (Phi) is 6.12. The van der Waals surface area contributed by atoms with Crippen molar-refractivity contribution in [2.24, 2.45) is 0 Å². The zero-order valence-electron chi connectivity index (χ0n) is 18.4. The zero-order chi connectivity index (χ0) is 23.7. The number of halogens is 2. The van der Waals surface area contributed by atoms with Gasteiger partial charge in [-0.25, -0.2) is 8.78 Å². The number of amides is 2. The number of likely N-dealkylation sites (tertiary alicyclic amines) is 1. The van der Waals surface area contributed by atoms with Gasteiger partial charge in [-0.15, -0.1) is 0 Å². The van der Waals surface area contributed by atoms with Gasteiger partial charge in [-0.3, -0.25) is 19.9 Å². The maximum absolute atomic E-state index is 14.9. The lowest BCUT2D eigenvalue weighted by Gasteiger charge is -2.25. The van der Waals surface area contributed by atoms with Crippen molar-refractivity contribution in [2.45, 2.75) is 55.2 Å². The number of hydrogen-bond donors (Lipinski definition) is 3. The van der Waals surface area contributed by atoms with E-state index in [2.05, 4.69) is 21.0 Å². The second-order valence-electron chi connectivity index (χ2n) is 9.25. The van der Waals surface area contributed by atoms with E-state index in [1.807, 2.05) is 13.1 Å². The van der Waals surface area contributed by atoms with Crippen LogP contribution in [0.4, 0.5) is 8.78 Å². The number of rotatable bonds is 8. The molecule has 1 aromatic carbocycles. The molecule has 2 aliphatic heterocycles. The molecule has 1 aliphatic carbocycles. The highest BCUT2D eigenvalue weighted by molar-refractivity contribution is 5.97. The van der Waals surface area contributed by atoms with Crippen molar-refractivity contribution < 1.29 is 23.2 Å². The average molecular weight is 459 g/mol. The molecule has 0 radical (unpaired) electrons. The Balaban J connectivity index is 1.48. The molecular weight excluding hydrogens is 432 g/mol. The molecule has 33 heavy (non-hydrogen) atoms. The lowest BCUT2D eigenvalue weighted by atomic mass is 9.99. The van der Waals surface area contributed by atoms with E-state index in [1.54, 1.807) is 36.4 Å². The number of benzene rings is 1. The maximum atomic E-state index is 14.9. The van der Waals surface area contributed by atoms with E-state index in [1.165, 1.54) is 0 Å². The monoisotopic (exact) mass is 459 g/mol. The fourth-order valence-corrected chi connectivity index (χ4v) is 4.21. The van der Waals surface area contributed by atoms with Gasteiger partial charge >= 0.3 is 0 Å². The second-order valence-corrected chi connectivity index (χ2v) is 9.25. The van der Waals surface area contributed by atoms with Crippen LogP contribution in [-0.2, 0) is 20.8 Å². The number of nitrogens with one attached hydrogen (secondary N) is 3. The Morgan fingerprint density at radius 2 is 2.03 bits per heavy atom. The van der Waals surface area contributed by atoms with Gasteiger partial charge in [0.15, 0.2) is 0 Å². The topological polar surface area (TPSA) is 106 Å². The van der Waals surface area contributed by atoms with E-state index in [0.717, 1.165) is 6.54 Å². The fourth-order valence-electron chi connectivity index (χ4n) is 4.21. The molecule has 2 amide bonds. The largest absolute Gasteiger partial charge is 0.339 e. The Morgan fingerprint density at radius 1 is 1.30 bits per heavy atom. The highest BCUT2D eigenvalue weighted by Gasteiger charge is 2.47. The van der Waals surface area contributed by atoms with Crippen molar-refractivity contribution in [3.8, 4) is 6.07 Å². The fraction of sp³-hybridized carbons (Fsp3) is 0.522. The molecular formula is C23H27F2N5O3. The molecule has 2 unspecified atom stereocenters. The van der Waals surface area contributed by atoms with Crippen LogP contribution in [-0.4, -0.2) is 60.0 Å². The zero-order valence-corrected chi connectivity index (χ0v) is 18.4. The van der Waals surface area contributed by atoms with Crippen LogP contribution < -0.4 is 16.1 Å². The Bertz CT molecular complexity index is 990. The molecule has 1 aromatic rings. The lowest BCUT2D eigenvalue weighted by Crippen LogP contribution is -2.53. The summed E-state index contributed by atoms with van der Waals surface area (Å²) in [7, 11) is 1.93. The molecule has 2 fully saturated rings. The summed E-state index contributed by atoms with van der Waals surface area (Å²) in [5, 5.41) is 14.2. The average Bonchev–Trinajstić information content (AvgIpc) is 3.26. The molecule has 0 aromatic heterocycles. The summed E-state index contributed by atoms with van der Waals surface area (Å²) in [6.45, 7) is 1.38. The standard InChI is InChI=1S/C23H27F2N5O3/c1-30-10-9-22(15-30)12-18(29-33-22)19(31)27-17(20(32)28-21(14-26)7-8-21)13-23(24,25)11-16-5-3-2-4-6-16/h2-6,12,17,29H,7-11,13,15H2,1H3,(H,27,31)(H,28,32). The van der Waals surface area contributed by atoms with Gasteiger partial charge in [-0.2, -0.15) is 5.26 Å². The van der Waals surface area contributed by atoms with Gasteiger partial charge in [0.05, 0.1) is 6.07 Å². The number of nitrogens with zero attached hydrogens (tertiary/aromatic N) is 2. The van der Waals surface area contributed by atoms with Crippen LogP contribution in [0, 0.1) is 11.3 Å². The molecule has 4 rings (SSSR count). The van der Waals surface area contributed by atoms with E-state index < -0.39 is 47.8 Å². The molecule has 2 heterocycles. The van der Waals surface area contributed by atoms with Gasteiger partial charge in [-0.05, 0) is 37.9 Å². The molecule has 3 aliphatic rings. The van der Waals surface area contributed by atoms with E-state index in [9.17, 15) is 23.6 Å². The number of carbonyl (C=O) groups is 2. The van der Waals surface area contributed by atoms with Crippen LogP contribution in [0.5, 0.6) is 0 Å². The molecule has 8 nitrogen and oxygen atoms in total. The van der Waals surface area contributed by atoms with Crippen LogP contribution in [0.3, 0.4) is 0 Å². The minimum Gasteiger partial charge on any atom is -0.339 e. The van der Waals surface area contributed by atoms with Gasteiger partial charge in [-0.1, -0.05) is 30.3 Å². The summed E-state index contributed by atoms with van der Waals surface area (Å²) in [4.78, 5) is 33.3. The smallest absolute Gasteiger partial charge is 0.270 e. The first-order valence-electron chi connectivity index (χ1n) is 10.9. The Labute approximate surface area is 190 Å². The molecule has 3 N–H and O–H groups in total.